The summed E-state index contributed by atoms with van der Waals surface area (Å²) in [7, 11) is 0. The Kier molecular flexibility index (Phi) is 7.81. The summed E-state index contributed by atoms with van der Waals surface area (Å²) in [5.41, 5.74) is 6.62. The molecule has 8 aromatic rings. The van der Waals surface area contributed by atoms with Gasteiger partial charge in [-0.25, -0.2) is 29.3 Å². The molecule has 0 fully saturated rings. The number of nitrogens with one attached hydrogen (secondary N) is 2. The Bertz CT molecular complexity index is 2720. The van der Waals surface area contributed by atoms with Crippen LogP contribution in [0.2, 0.25) is 0 Å². The zero-order chi connectivity index (χ0) is 38.4. The highest BCUT2D eigenvalue weighted by atomic mass is 15.6. The first-order valence-corrected chi connectivity index (χ1v) is 18.8. The van der Waals surface area contributed by atoms with Crippen LogP contribution < -0.4 is 20.7 Å². The minimum absolute atomic E-state index is 0.393. The second-order valence-electron chi connectivity index (χ2n) is 13.6. The van der Waals surface area contributed by atoms with Crippen LogP contribution in [0.4, 0.5) is 11.4 Å². The number of nitrogens with zero attached hydrogens (tertiary/aromatic N) is 10. The molecule has 58 heavy (non-hydrogen) atoms. The van der Waals surface area contributed by atoms with Crippen LogP contribution in [0.25, 0.3) is 22.5 Å². The van der Waals surface area contributed by atoms with Gasteiger partial charge in [0.1, 0.15) is 11.6 Å². The molecule has 0 unspecified atom stereocenters. The molecule has 11 rings (SSSR count). The molecular weight excluding hydrogens is 721 g/mol. The fourth-order valence-corrected chi connectivity index (χ4v) is 7.33. The molecule has 5 heterocycles. The van der Waals surface area contributed by atoms with Gasteiger partial charge >= 0.3 is 0 Å². The predicted molar refractivity (Wildman–Crippen MR) is 225 cm³/mol. The maximum atomic E-state index is 5.36. The number of aromatic nitrogens is 6. The first kappa shape index (κ1) is 33.0. The van der Waals surface area contributed by atoms with E-state index in [9.17, 15) is 0 Å². The van der Waals surface area contributed by atoms with Gasteiger partial charge in [0.25, 0.3) is 0 Å². The van der Waals surface area contributed by atoms with Gasteiger partial charge in [-0.3, -0.25) is 0 Å². The number of para-hydroxylation sites is 4. The highest BCUT2D eigenvalue weighted by Crippen LogP contribution is 2.37. The third-order valence-corrected chi connectivity index (χ3v) is 9.98. The van der Waals surface area contributed by atoms with Gasteiger partial charge in [-0.1, -0.05) is 133 Å². The van der Waals surface area contributed by atoms with Crippen LogP contribution in [0.1, 0.15) is 34.4 Å². The Morgan fingerprint density at radius 3 is 1.00 bits per heavy atom. The topological polar surface area (TPSA) is 117 Å². The summed E-state index contributed by atoms with van der Waals surface area (Å²) in [6.07, 6.45) is 0. The number of anilines is 2. The normalized spacial score (nSPS) is 14.5. The highest BCUT2D eigenvalue weighted by Gasteiger charge is 2.37. The minimum Gasteiger partial charge on any atom is -0.320 e. The lowest BCUT2D eigenvalue weighted by Gasteiger charge is -2.20. The van der Waals surface area contributed by atoms with Gasteiger partial charge in [-0.15, -0.1) is 20.4 Å². The average Bonchev–Trinajstić information content (AvgIpc) is 4.12. The molecule has 12 heteroatoms. The van der Waals surface area contributed by atoms with Crippen molar-refractivity contribution in [2.75, 3.05) is 10.0 Å². The lowest BCUT2D eigenvalue weighted by atomic mass is 10.0. The fourth-order valence-electron chi connectivity index (χ4n) is 7.33. The maximum absolute atomic E-state index is 5.36. The van der Waals surface area contributed by atoms with Crippen molar-refractivity contribution in [2.45, 2.75) is 0 Å². The van der Waals surface area contributed by atoms with Crippen LogP contribution in [-0.2, 0) is 0 Å². The van der Waals surface area contributed by atoms with Crippen molar-refractivity contribution in [3.63, 3.8) is 0 Å². The highest BCUT2D eigenvalue weighted by molar-refractivity contribution is 6.05. The van der Waals surface area contributed by atoms with Crippen LogP contribution in [0.5, 0.6) is 0 Å². The van der Waals surface area contributed by atoms with Crippen molar-refractivity contribution in [1.29, 1.82) is 0 Å². The SMILES string of the molecule is c1ccc(C2=C3NC(=NN3c3ccccc3)c3nc(n(-c4ccccc4)n3)C(c3ccccc3)=C3NC(=NN3c3ccccc3)c3nc2n(-c2ccccc2)n3)cc1. The van der Waals surface area contributed by atoms with E-state index in [2.05, 4.69) is 34.9 Å². The Balaban J connectivity index is 1.27. The van der Waals surface area contributed by atoms with E-state index < -0.39 is 0 Å². The van der Waals surface area contributed by atoms with E-state index in [0.29, 0.717) is 46.6 Å². The van der Waals surface area contributed by atoms with Gasteiger partial charge in [0.2, 0.25) is 11.6 Å². The summed E-state index contributed by atoms with van der Waals surface area (Å²) in [6.45, 7) is 0. The molecule has 8 bridgehead atoms. The number of hydrazone groups is 2. The second-order valence-corrected chi connectivity index (χ2v) is 13.6. The summed E-state index contributed by atoms with van der Waals surface area (Å²) >= 11 is 0. The van der Waals surface area contributed by atoms with Gasteiger partial charge in [0.15, 0.2) is 23.3 Å². The summed E-state index contributed by atoms with van der Waals surface area (Å²) in [5.74, 6) is 4.16. The molecule has 6 aromatic carbocycles. The fraction of sp³-hybridized carbons (Fsp3) is 0. The monoisotopic (exact) mass is 752 g/mol. The number of benzene rings is 6. The Hall–Kier alpha value is -8.38. The number of amidine groups is 2. The minimum atomic E-state index is 0.393. The van der Waals surface area contributed by atoms with E-state index in [1.807, 2.05) is 177 Å². The van der Waals surface area contributed by atoms with E-state index in [1.165, 1.54) is 0 Å². The van der Waals surface area contributed by atoms with Crippen LogP contribution in [0, 0.1) is 0 Å². The van der Waals surface area contributed by atoms with E-state index in [0.717, 1.165) is 45.0 Å². The van der Waals surface area contributed by atoms with Gasteiger partial charge in [0.05, 0.1) is 33.9 Å². The second kappa shape index (κ2) is 13.7. The molecule has 2 N–H and O–H groups in total. The third-order valence-electron chi connectivity index (χ3n) is 9.98. The molecule has 0 radical (unpaired) electrons. The maximum Gasteiger partial charge on any atom is 0.219 e. The Morgan fingerprint density at radius 1 is 0.345 bits per heavy atom. The molecular formula is C46H32N12. The number of fused-ring (bicyclic) bond motifs is 10. The van der Waals surface area contributed by atoms with E-state index in [4.69, 9.17) is 30.4 Å². The van der Waals surface area contributed by atoms with E-state index >= 15 is 0 Å². The smallest absolute Gasteiger partial charge is 0.219 e. The molecule has 2 aromatic heterocycles. The molecule has 12 nitrogen and oxygen atoms in total. The van der Waals surface area contributed by atoms with Crippen LogP contribution >= 0.6 is 0 Å². The van der Waals surface area contributed by atoms with Crippen molar-refractivity contribution in [1.82, 2.24) is 40.2 Å². The van der Waals surface area contributed by atoms with Gasteiger partial charge in [-0.2, -0.15) is 0 Å². The Labute approximate surface area is 333 Å². The molecule has 0 amide bonds. The van der Waals surface area contributed by atoms with Crippen molar-refractivity contribution >= 4 is 34.2 Å². The van der Waals surface area contributed by atoms with Crippen molar-refractivity contribution in [3.05, 3.63) is 228 Å². The Morgan fingerprint density at radius 2 is 0.655 bits per heavy atom. The lowest BCUT2D eigenvalue weighted by Crippen LogP contribution is -2.26. The summed E-state index contributed by atoms with van der Waals surface area (Å²) in [6, 6.07) is 60.3. The molecule has 3 aliphatic rings. The zero-order valence-corrected chi connectivity index (χ0v) is 30.8. The van der Waals surface area contributed by atoms with Gasteiger partial charge in [0, 0.05) is 0 Å². The van der Waals surface area contributed by atoms with Gasteiger partial charge < -0.3 is 10.6 Å². The first-order valence-electron chi connectivity index (χ1n) is 18.8. The summed E-state index contributed by atoms with van der Waals surface area (Å²) < 4.78 is 3.73. The number of hydrogen-bond acceptors (Lipinski definition) is 10. The molecule has 0 atom stereocenters. The van der Waals surface area contributed by atoms with Gasteiger partial charge in [-0.05, 0) is 59.7 Å². The molecule has 0 saturated carbocycles. The van der Waals surface area contributed by atoms with Crippen LogP contribution in [-0.4, -0.2) is 41.2 Å². The summed E-state index contributed by atoms with van der Waals surface area (Å²) in [5, 5.41) is 32.1. The van der Waals surface area contributed by atoms with E-state index in [-0.39, 0.29) is 0 Å². The molecule has 0 saturated heterocycles. The first-order chi connectivity index (χ1) is 28.8. The third kappa shape index (κ3) is 5.63. The number of hydrogen-bond donors (Lipinski definition) is 2. The van der Waals surface area contributed by atoms with Crippen molar-refractivity contribution < 1.29 is 0 Å². The van der Waals surface area contributed by atoms with Crippen LogP contribution in [0.3, 0.4) is 0 Å². The van der Waals surface area contributed by atoms with Crippen LogP contribution in [0.15, 0.2) is 204 Å². The molecule has 276 valence electrons. The standard InChI is InChI=1S/C46H32N12/c1-7-19-31(20-8-1)37-43-47-39(51-55(43)33-23-11-3-12-24-33)41-49-45(57(53-41)35-27-15-5-16-28-35)38(32-21-9-2-10-22-32)46-50-42(54-58(46)36-29-17-6-18-30-36)40-48-44(37)56(52-40)34-25-13-4-14-26-34/h1-30H,(H,47,51)(H,50,54). The van der Waals surface area contributed by atoms with Crippen molar-refractivity contribution in [2.24, 2.45) is 10.2 Å². The number of rotatable bonds is 6. The van der Waals surface area contributed by atoms with E-state index in [1.54, 1.807) is 0 Å². The summed E-state index contributed by atoms with van der Waals surface area (Å²) in [4.78, 5) is 10.7. The molecule has 3 aliphatic heterocycles. The lowest BCUT2D eigenvalue weighted by molar-refractivity contribution is 0.851. The largest absolute Gasteiger partial charge is 0.320 e. The zero-order valence-electron chi connectivity index (χ0n) is 30.8. The average molecular weight is 753 g/mol. The van der Waals surface area contributed by atoms with Crippen molar-refractivity contribution in [3.8, 4) is 11.4 Å². The molecule has 0 aliphatic carbocycles. The quantitative estimate of drug-likeness (QED) is 0.179. The molecule has 0 spiro atoms. The predicted octanol–water partition coefficient (Wildman–Crippen LogP) is 7.54.